The highest BCUT2D eigenvalue weighted by molar-refractivity contribution is 5.88. The highest BCUT2D eigenvalue weighted by Crippen LogP contribution is 2.13. The monoisotopic (exact) mass is 256 g/mol. The molecule has 6 heteroatoms. The average molecular weight is 256 g/mol. The smallest absolute Gasteiger partial charge is 0.340 e. The first-order valence-corrected chi connectivity index (χ1v) is 5.08. The van der Waals surface area contributed by atoms with Gasteiger partial charge in [-0.2, -0.15) is 0 Å². The summed E-state index contributed by atoms with van der Waals surface area (Å²) in [4.78, 5) is 22.4. The lowest BCUT2D eigenvalue weighted by molar-refractivity contribution is -0.143. The van der Waals surface area contributed by atoms with Gasteiger partial charge in [0.05, 0.1) is 6.61 Å². The van der Waals surface area contributed by atoms with Gasteiger partial charge in [0.1, 0.15) is 0 Å². The third-order valence-electron chi connectivity index (χ3n) is 1.68. The molecular weight excluding hydrogens is 240 g/mol. The van der Waals surface area contributed by atoms with Crippen molar-refractivity contribution in [1.29, 1.82) is 0 Å². The van der Waals surface area contributed by atoms with Crippen LogP contribution in [0.3, 0.4) is 0 Å². The van der Waals surface area contributed by atoms with E-state index in [0.29, 0.717) is 0 Å². The fourth-order valence-corrected chi connectivity index (χ4v) is 0.734. The minimum absolute atomic E-state index is 0.0659. The molecule has 0 aliphatic rings. The lowest BCUT2D eigenvalue weighted by Crippen LogP contribution is -2.12. The zero-order valence-corrected chi connectivity index (χ0v) is 10.4. The minimum atomic E-state index is -0.883. The van der Waals surface area contributed by atoms with Crippen molar-refractivity contribution < 1.29 is 29.3 Å². The zero-order chi connectivity index (χ0) is 14.3. The quantitative estimate of drug-likeness (QED) is 0.423. The summed E-state index contributed by atoms with van der Waals surface area (Å²) in [6, 6.07) is 0. The Morgan fingerprint density at radius 3 is 1.89 bits per heavy atom. The van der Waals surface area contributed by atoms with E-state index in [1.165, 1.54) is 13.8 Å². The Kier molecular flexibility index (Phi) is 6.44. The van der Waals surface area contributed by atoms with Crippen LogP contribution in [0.5, 0.6) is 0 Å². The number of hydrogen-bond donors (Lipinski definition) is 2. The lowest BCUT2D eigenvalue weighted by atomic mass is 10.3. The summed E-state index contributed by atoms with van der Waals surface area (Å²) in [5, 5.41) is 18.2. The summed E-state index contributed by atoms with van der Waals surface area (Å²) in [5.41, 5.74) is 0.167. The molecule has 0 heterocycles. The van der Waals surface area contributed by atoms with Crippen LogP contribution in [-0.2, 0) is 19.1 Å². The van der Waals surface area contributed by atoms with Gasteiger partial charge >= 0.3 is 17.9 Å². The van der Waals surface area contributed by atoms with Gasteiger partial charge in [0, 0.05) is 17.6 Å². The predicted octanol–water partition coefficient (Wildman–Crippen LogP) is 1.33. The maximum atomic E-state index is 11.2. The summed E-state index contributed by atoms with van der Waals surface area (Å²) < 4.78 is 9.20. The van der Waals surface area contributed by atoms with Crippen molar-refractivity contribution in [2.24, 2.45) is 0 Å². The van der Waals surface area contributed by atoms with E-state index in [0.717, 1.165) is 0 Å². The van der Waals surface area contributed by atoms with Crippen molar-refractivity contribution in [3.8, 4) is 0 Å². The molecule has 0 bridgehead atoms. The van der Waals surface area contributed by atoms with Gasteiger partial charge in [0.25, 0.3) is 0 Å². The van der Waals surface area contributed by atoms with Crippen molar-refractivity contribution in [2.75, 3.05) is 6.61 Å². The predicted molar refractivity (Wildman–Crippen MR) is 63.2 cm³/mol. The van der Waals surface area contributed by atoms with Gasteiger partial charge in [-0.25, -0.2) is 9.59 Å². The Bertz CT molecular complexity index is 405. The van der Waals surface area contributed by atoms with Gasteiger partial charge in [-0.1, -0.05) is 13.2 Å². The third kappa shape index (κ3) is 5.31. The molecule has 0 saturated heterocycles. The van der Waals surface area contributed by atoms with Crippen LogP contribution in [0.25, 0.3) is 0 Å². The summed E-state index contributed by atoms with van der Waals surface area (Å²) in [6.45, 7) is 9.08. The van der Waals surface area contributed by atoms with Gasteiger partial charge in [-0.05, 0) is 13.8 Å². The second-order valence-electron chi connectivity index (χ2n) is 3.54. The van der Waals surface area contributed by atoms with E-state index in [9.17, 15) is 14.7 Å². The molecule has 0 aromatic carbocycles. The number of ether oxygens (including phenoxy) is 2. The molecule has 6 nitrogen and oxygen atoms in total. The molecule has 0 amide bonds. The fourth-order valence-electron chi connectivity index (χ4n) is 0.734. The normalized spacial score (nSPS) is 11.3. The molecule has 0 saturated carbocycles. The van der Waals surface area contributed by atoms with Crippen LogP contribution in [0.2, 0.25) is 0 Å². The summed E-state index contributed by atoms with van der Waals surface area (Å²) in [6.07, 6.45) is -0.186. The summed E-state index contributed by atoms with van der Waals surface area (Å²) >= 11 is 0. The Hall–Kier alpha value is -2.08. The van der Waals surface area contributed by atoms with E-state index in [-0.39, 0.29) is 23.3 Å². The van der Waals surface area contributed by atoms with Crippen molar-refractivity contribution in [3.05, 3.63) is 36.0 Å². The van der Waals surface area contributed by atoms with Crippen molar-refractivity contribution in [3.63, 3.8) is 0 Å². The van der Waals surface area contributed by atoms with Crippen LogP contribution < -0.4 is 0 Å². The highest BCUT2D eigenvalue weighted by Gasteiger charge is 2.17. The third-order valence-corrected chi connectivity index (χ3v) is 1.68. The number of carbonyl (C=O) groups excluding carboxylic acids is 2. The second-order valence-corrected chi connectivity index (χ2v) is 3.54. The molecular formula is C12H16O6. The van der Waals surface area contributed by atoms with Gasteiger partial charge in [0.2, 0.25) is 0 Å². The van der Waals surface area contributed by atoms with Crippen LogP contribution in [0.1, 0.15) is 20.3 Å². The molecule has 2 N–H and O–H groups in total. The highest BCUT2D eigenvalue weighted by atomic mass is 16.6. The Morgan fingerprint density at radius 2 is 1.50 bits per heavy atom. The minimum Gasteiger partial charge on any atom is -0.478 e. The van der Waals surface area contributed by atoms with E-state index >= 15 is 0 Å². The van der Waals surface area contributed by atoms with E-state index in [2.05, 4.69) is 17.9 Å². The number of carbonyl (C=O) groups is 2. The molecule has 0 aromatic rings. The number of aliphatic hydroxyl groups is 2. The Morgan fingerprint density at radius 1 is 1.06 bits per heavy atom. The largest absolute Gasteiger partial charge is 0.478 e. The number of esters is 2. The SMILES string of the molecule is C=C(C)C(=O)O/C(O)=C(/CCO)OC(=O)C(=C)C. The van der Waals surface area contributed by atoms with E-state index in [1.807, 2.05) is 0 Å². The molecule has 0 spiro atoms. The topological polar surface area (TPSA) is 93.1 Å². The second kappa shape index (κ2) is 7.29. The van der Waals surface area contributed by atoms with E-state index in [1.54, 1.807) is 0 Å². The van der Waals surface area contributed by atoms with Crippen LogP contribution in [-0.4, -0.2) is 28.8 Å². The molecule has 0 aliphatic heterocycles. The van der Waals surface area contributed by atoms with Gasteiger partial charge in [-0.15, -0.1) is 0 Å². The van der Waals surface area contributed by atoms with Gasteiger partial charge < -0.3 is 19.7 Å². The lowest BCUT2D eigenvalue weighted by Gasteiger charge is -2.10. The van der Waals surface area contributed by atoms with E-state index in [4.69, 9.17) is 9.84 Å². The van der Waals surface area contributed by atoms with Crippen molar-refractivity contribution >= 4 is 11.9 Å². The standard InChI is InChI=1S/C12H16O6/c1-7(2)10(14)17-9(5-6-13)12(16)18-11(15)8(3)4/h13,16H,1,3,5-6H2,2,4H3/b12-9-. The van der Waals surface area contributed by atoms with Crippen LogP contribution in [0.15, 0.2) is 36.0 Å². The average Bonchev–Trinajstić information content (AvgIpc) is 2.27. The molecule has 100 valence electrons. The molecule has 0 atom stereocenters. The number of hydrogen-bond acceptors (Lipinski definition) is 6. The van der Waals surface area contributed by atoms with Crippen LogP contribution >= 0.6 is 0 Å². The number of aliphatic hydroxyl groups excluding tert-OH is 2. The molecule has 0 radical (unpaired) electrons. The molecule has 0 unspecified atom stereocenters. The molecule has 0 fully saturated rings. The summed E-state index contributed by atoms with van der Waals surface area (Å²) in [5.74, 6) is -2.89. The van der Waals surface area contributed by atoms with Gasteiger partial charge in [-0.3, -0.25) is 0 Å². The maximum absolute atomic E-state index is 11.2. The van der Waals surface area contributed by atoms with Gasteiger partial charge in [0.15, 0.2) is 5.76 Å². The zero-order valence-electron chi connectivity index (χ0n) is 10.4. The molecule has 0 aromatic heterocycles. The Labute approximate surface area is 105 Å². The molecule has 0 aliphatic carbocycles. The fraction of sp³-hybridized carbons (Fsp3) is 0.333. The first-order chi connectivity index (χ1) is 8.29. The first kappa shape index (κ1) is 15.9. The maximum Gasteiger partial charge on any atom is 0.340 e. The first-order valence-electron chi connectivity index (χ1n) is 5.08. The molecule has 0 rings (SSSR count). The number of rotatable bonds is 6. The van der Waals surface area contributed by atoms with Crippen molar-refractivity contribution in [1.82, 2.24) is 0 Å². The van der Waals surface area contributed by atoms with E-state index < -0.39 is 24.5 Å². The van der Waals surface area contributed by atoms with Crippen LogP contribution in [0, 0.1) is 0 Å². The van der Waals surface area contributed by atoms with Crippen LogP contribution in [0.4, 0.5) is 0 Å². The Balaban J connectivity index is 4.94. The molecule has 18 heavy (non-hydrogen) atoms. The summed E-state index contributed by atoms with van der Waals surface area (Å²) in [7, 11) is 0. The van der Waals surface area contributed by atoms with Crippen molar-refractivity contribution in [2.45, 2.75) is 20.3 Å².